The molecule has 1 fully saturated rings. The molecule has 0 aliphatic carbocycles. The van der Waals surface area contributed by atoms with Gasteiger partial charge in [0.2, 0.25) is 0 Å². The van der Waals surface area contributed by atoms with Crippen LogP contribution in [0.5, 0.6) is 0 Å². The van der Waals surface area contributed by atoms with Gasteiger partial charge in [0.15, 0.2) is 12.7 Å². The number of hydrogen-bond acceptors (Lipinski definition) is 5. The van der Waals surface area contributed by atoms with E-state index in [0.29, 0.717) is 24.3 Å². The molecule has 0 bridgehead atoms. The van der Waals surface area contributed by atoms with Crippen LogP contribution in [0, 0.1) is 0 Å². The van der Waals surface area contributed by atoms with Crippen molar-refractivity contribution in [1.29, 1.82) is 0 Å². The van der Waals surface area contributed by atoms with Gasteiger partial charge in [0, 0.05) is 0 Å². The van der Waals surface area contributed by atoms with Crippen molar-refractivity contribution >= 4 is 29.3 Å². The highest BCUT2D eigenvalue weighted by atomic mass is 16.5. The summed E-state index contributed by atoms with van der Waals surface area (Å²) in [5, 5.41) is 2.72. The summed E-state index contributed by atoms with van der Waals surface area (Å²) in [6.07, 6.45) is -0.0741. The number of anilines is 1. The van der Waals surface area contributed by atoms with Crippen LogP contribution in [0.15, 0.2) is 24.3 Å². The molecule has 2 amide bonds. The topological polar surface area (TPSA) is 97.2 Å². The van der Waals surface area contributed by atoms with Gasteiger partial charge in [-0.2, -0.15) is 0 Å². The molecule has 1 aromatic rings. The van der Waals surface area contributed by atoms with E-state index in [-0.39, 0.29) is 19.0 Å². The predicted molar refractivity (Wildman–Crippen MR) is 82.4 cm³/mol. The highest BCUT2D eigenvalue weighted by Gasteiger charge is 2.42. The fourth-order valence-corrected chi connectivity index (χ4v) is 3.11. The maximum Gasteiger partial charge on any atom is 0.312 e. The van der Waals surface area contributed by atoms with E-state index in [9.17, 15) is 19.2 Å². The van der Waals surface area contributed by atoms with E-state index >= 15 is 0 Å². The molecule has 3 rings (SSSR count). The summed E-state index contributed by atoms with van der Waals surface area (Å²) in [4.78, 5) is 50.2. The standard InChI is InChI=1S/C16H17N3O5/c1-24-13(20)8-12-15(22)17-6-7-18(12)9-19-11-5-3-2-4-10(11)14(21)16(19)23/h2-5,12H,6-9H2,1H3,(H,17,22)/p+1/t12-/m0/s1. The SMILES string of the molecule is COC(=O)C[C@H]1C(=O)NCC[NH+]1CN1C(=O)C(=O)c2ccccc21. The van der Waals surface area contributed by atoms with Crippen LogP contribution in [0.25, 0.3) is 0 Å². The zero-order chi connectivity index (χ0) is 17.3. The number of amides is 2. The van der Waals surface area contributed by atoms with Crippen LogP contribution in [0.4, 0.5) is 5.69 Å². The molecule has 1 aromatic carbocycles. The minimum atomic E-state index is -0.651. The number of quaternary nitrogens is 1. The average molecular weight is 332 g/mol. The second-order valence-electron chi connectivity index (χ2n) is 5.77. The van der Waals surface area contributed by atoms with Crippen molar-refractivity contribution in [3.05, 3.63) is 29.8 Å². The van der Waals surface area contributed by atoms with Crippen LogP contribution < -0.4 is 15.1 Å². The molecule has 8 nitrogen and oxygen atoms in total. The summed E-state index contributed by atoms with van der Waals surface area (Å²) in [5.41, 5.74) is 0.913. The highest BCUT2D eigenvalue weighted by molar-refractivity contribution is 6.52. The number of ketones is 1. The first kappa shape index (κ1) is 16.1. The van der Waals surface area contributed by atoms with Crippen molar-refractivity contribution in [2.45, 2.75) is 12.5 Å². The first-order chi connectivity index (χ1) is 11.5. The second-order valence-corrected chi connectivity index (χ2v) is 5.77. The maximum atomic E-state index is 12.3. The summed E-state index contributed by atoms with van der Waals surface area (Å²) < 4.78 is 4.65. The Balaban J connectivity index is 1.83. The van der Waals surface area contributed by atoms with E-state index in [1.165, 1.54) is 12.0 Å². The molecule has 24 heavy (non-hydrogen) atoms. The van der Waals surface area contributed by atoms with Gasteiger partial charge in [-0.05, 0) is 12.1 Å². The third kappa shape index (κ3) is 2.76. The third-order valence-corrected chi connectivity index (χ3v) is 4.39. The first-order valence-electron chi connectivity index (χ1n) is 7.67. The number of para-hydroxylation sites is 1. The summed E-state index contributed by atoms with van der Waals surface area (Å²) in [6, 6.07) is 6.12. The molecule has 0 spiro atoms. The quantitative estimate of drug-likeness (QED) is 0.497. The number of hydrogen-bond donors (Lipinski definition) is 2. The van der Waals surface area contributed by atoms with Crippen molar-refractivity contribution in [1.82, 2.24) is 5.32 Å². The molecule has 2 aliphatic rings. The number of carbonyl (C=O) groups excluding carboxylic acids is 4. The molecule has 2 aliphatic heterocycles. The van der Waals surface area contributed by atoms with E-state index in [1.807, 2.05) is 0 Å². The van der Waals surface area contributed by atoms with Crippen molar-refractivity contribution < 1.29 is 28.8 Å². The molecule has 1 unspecified atom stereocenters. The number of rotatable bonds is 4. The molecule has 2 heterocycles. The van der Waals surface area contributed by atoms with Crippen molar-refractivity contribution in [3.8, 4) is 0 Å². The van der Waals surface area contributed by atoms with Crippen LogP contribution in [0.3, 0.4) is 0 Å². The van der Waals surface area contributed by atoms with Crippen molar-refractivity contribution in [3.63, 3.8) is 0 Å². The smallest absolute Gasteiger partial charge is 0.312 e. The summed E-state index contributed by atoms with van der Waals surface area (Å²) in [7, 11) is 1.27. The lowest BCUT2D eigenvalue weighted by atomic mass is 10.1. The zero-order valence-electron chi connectivity index (χ0n) is 13.2. The van der Waals surface area contributed by atoms with Crippen LogP contribution in [0.1, 0.15) is 16.8 Å². The maximum absolute atomic E-state index is 12.3. The minimum Gasteiger partial charge on any atom is -0.469 e. The van der Waals surface area contributed by atoms with Gasteiger partial charge < -0.3 is 15.0 Å². The fraction of sp³-hybridized carbons (Fsp3) is 0.375. The van der Waals surface area contributed by atoms with E-state index in [2.05, 4.69) is 10.1 Å². The van der Waals surface area contributed by atoms with Crippen LogP contribution in [-0.2, 0) is 19.1 Å². The largest absolute Gasteiger partial charge is 0.469 e. The number of ether oxygens (including phenoxy) is 1. The van der Waals surface area contributed by atoms with Gasteiger partial charge in [-0.15, -0.1) is 0 Å². The van der Waals surface area contributed by atoms with Gasteiger partial charge in [-0.1, -0.05) is 12.1 Å². The lowest BCUT2D eigenvalue weighted by molar-refractivity contribution is -0.916. The Morgan fingerprint density at radius 1 is 1.33 bits per heavy atom. The fourth-order valence-electron chi connectivity index (χ4n) is 3.11. The Morgan fingerprint density at radius 2 is 2.08 bits per heavy atom. The Bertz CT molecular complexity index is 717. The molecular formula is C16H18N3O5+. The monoisotopic (exact) mass is 332 g/mol. The Hall–Kier alpha value is -2.74. The number of methoxy groups -OCH3 is 1. The molecule has 126 valence electrons. The molecule has 1 saturated heterocycles. The summed E-state index contributed by atoms with van der Waals surface area (Å²) in [6.45, 7) is 1.15. The second kappa shape index (κ2) is 6.40. The van der Waals surface area contributed by atoms with Crippen molar-refractivity contribution in [2.24, 2.45) is 0 Å². The van der Waals surface area contributed by atoms with Gasteiger partial charge >= 0.3 is 11.9 Å². The number of nitrogens with zero attached hydrogens (tertiary/aromatic N) is 1. The molecule has 0 aromatic heterocycles. The van der Waals surface area contributed by atoms with Gasteiger partial charge in [0.25, 0.3) is 11.7 Å². The number of esters is 1. The number of Topliss-reactive ketones (excluding diaryl/α,β-unsaturated/α-hetero) is 1. The number of benzene rings is 1. The molecule has 0 saturated carbocycles. The lowest BCUT2D eigenvalue weighted by Crippen LogP contribution is -3.20. The van der Waals surface area contributed by atoms with Crippen LogP contribution in [-0.4, -0.2) is 56.5 Å². The minimum absolute atomic E-state index is 0.0741. The van der Waals surface area contributed by atoms with Gasteiger partial charge in [-0.3, -0.25) is 24.1 Å². The Kier molecular flexibility index (Phi) is 4.30. The average Bonchev–Trinajstić information content (AvgIpc) is 2.83. The first-order valence-corrected chi connectivity index (χ1v) is 7.67. The van der Waals surface area contributed by atoms with Gasteiger partial charge in [-0.25, -0.2) is 0 Å². The number of piperazine rings is 1. The summed E-state index contributed by atoms with van der Waals surface area (Å²) >= 11 is 0. The zero-order valence-corrected chi connectivity index (χ0v) is 13.2. The van der Waals surface area contributed by atoms with E-state index in [1.54, 1.807) is 24.3 Å². The van der Waals surface area contributed by atoms with Gasteiger partial charge in [0.1, 0.15) is 6.42 Å². The van der Waals surface area contributed by atoms with Crippen LogP contribution in [0.2, 0.25) is 0 Å². The molecule has 0 radical (unpaired) electrons. The van der Waals surface area contributed by atoms with Crippen LogP contribution >= 0.6 is 0 Å². The number of carbonyl (C=O) groups is 4. The molecular weight excluding hydrogens is 314 g/mol. The highest BCUT2D eigenvalue weighted by Crippen LogP contribution is 2.27. The predicted octanol–water partition coefficient (Wildman–Crippen LogP) is -1.88. The van der Waals surface area contributed by atoms with Crippen molar-refractivity contribution in [2.75, 3.05) is 31.8 Å². The third-order valence-electron chi connectivity index (χ3n) is 4.39. The van der Waals surface area contributed by atoms with E-state index in [4.69, 9.17) is 0 Å². The Labute approximate surface area is 138 Å². The van der Waals surface area contributed by atoms with E-state index in [0.717, 1.165) is 4.90 Å². The molecule has 2 N–H and O–H groups in total. The number of fused-ring (bicyclic) bond motifs is 1. The van der Waals surface area contributed by atoms with E-state index < -0.39 is 23.7 Å². The normalized spacial score (nSPS) is 23.0. The summed E-state index contributed by atoms with van der Waals surface area (Å²) in [5.74, 6) is -1.89. The molecule has 2 atom stereocenters. The number of nitrogens with one attached hydrogen (secondary N) is 2. The lowest BCUT2D eigenvalue weighted by Gasteiger charge is -2.33. The van der Waals surface area contributed by atoms with Gasteiger partial charge in [0.05, 0.1) is 31.5 Å². The molecule has 8 heteroatoms. The Morgan fingerprint density at radius 3 is 2.83 bits per heavy atom.